The van der Waals surface area contributed by atoms with Gasteiger partial charge in [0.2, 0.25) is 0 Å². The molecule has 1 unspecified atom stereocenters. The second kappa shape index (κ2) is 7.30. The number of halogens is 1. The Morgan fingerprint density at radius 1 is 1.37 bits per heavy atom. The smallest absolute Gasteiger partial charge is 0.133 e. The molecule has 1 fully saturated rings. The van der Waals surface area contributed by atoms with Crippen molar-refractivity contribution in [3.8, 4) is 5.75 Å². The Morgan fingerprint density at radius 2 is 2.16 bits per heavy atom. The zero-order valence-electron chi connectivity index (χ0n) is 11.9. The van der Waals surface area contributed by atoms with E-state index in [9.17, 15) is 0 Å². The van der Waals surface area contributed by atoms with Gasteiger partial charge < -0.3 is 10.1 Å². The van der Waals surface area contributed by atoms with Gasteiger partial charge in [0.25, 0.3) is 0 Å². The second-order valence-corrected chi connectivity index (χ2v) is 6.12. The zero-order valence-corrected chi connectivity index (χ0v) is 13.5. The molecule has 1 saturated carbocycles. The minimum atomic E-state index is 0.496. The van der Waals surface area contributed by atoms with Crippen molar-refractivity contribution >= 4 is 15.9 Å². The molecule has 1 aromatic carbocycles. The van der Waals surface area contributed by atoms with Crippen LogP contribution in [-0.4, -0.2) is 13.2 Å². The fourth-order valence-electron chi connectivity index (χ4n) is 2.59. The highest BCUT2D eigenvalue weighted by molar-refractivity contribution is 9.10. The highest BCUT2D eigenvalue weighted by Gasteiger charge is 2.28. The van der Waals surface area contributed by atoms with Crippen LogP contribution in [0.4, 0.5) is 0 Å². The molecule has 19 heavy (non-hydrogen) atoms. The second-order valence-electron chi connectivity index (χ2n) is 5.26. The first-order valence-corrected chi connectivity index (χ1v) is 8.21. The SMILES string of the molecule is CCCOc1ccc(C(NCC)C2CCC2)cc1Br. The van der Waals surface area contributed by atoms with Gasteiger partial charge in [0, 0.05) is 6.04 Å². The molecule has 2 nitrogen and oxygen atoms in total. The van der Waals surface area contributed by atoms with Crippen LogP contribution in [0.25, 0.3) is 0 Å². The summed E-state index contributed by atoms with van der Waals surface area (Å²) in [6.07, 6.45) is 5.12. The summed E-state index contributed by atoms with van der Waals surface area (Å²) < 4.78 is 6.78. The van der Waals surface area contributed by atoms with Gasteiger partial charge in [-0.25, -0.2) is 0 Å². The lowest BCUT2D eigenvalue weighted by Crippen LogP contribution is -2.32. The van der Waals surface area contributed by atoms with Crippen molar-refractivity contribution in [1.29, 1.82) is 0 Å². The van der Waals surface area contributed by atoms with Gasteiger partial charge in [0.1, 0.15) is 5.75 Å². The van der Waals surface area contributed by atoms with Gasteiger partial charge in [-0.2, -0.15) is 0 Å². The number of hydrogen-bond acceptors (Lipinski definition) is 2. The van der Waals surface area contributed by atoms with Crippen molar-refractivity contribution < 1.29 is 4.74 Å². The normalized spacial score (nSPS) is 17.0. The molecule has 0 bridgehead atoms. The fourth-order valence-corrected chi connectivity index (χ4v) is 3.10. The topological polar surface area (TPSA) is 21.3 Å². The van der Waals surface area contributed by atoms with Crippen LogP contribution in [0.1, 0.15) is 51.1 Å². The van der Waals surface area contributed by atoms with Gasteiger partial charge in [-0.05, 0) is 65.4 Å². The maximum absolute atomic E-state index is 5.71. The summed E-state index contributed by atoms with van der Waals surface area (Å²) in [5.74, 6) is 1.75. The molecule has 1 aromatic rings. The van der Waals surface area contributed by atoms with E-state index in [2.05, 4.69) is 53.3 Å². The predicted molar refractivity (Wildman–Crippen MR) is 83.7 cm³/mol. The average Bonchev–Trinajstić information content (AvgIpc) is 2.34. The largest absolute Gasteiger partial charge is 0.492 e. The van der Waals surface area contributed by atoms with Gasteiger partial charge in [-0.15, -0.1) is 0 Å². The molecular formula is C16H24BrNO. The first kappa shape index (κ1) is 14.9. The van der Waals surface area contributed by atoms with E-state index in [0.717, 1.165) is 35.7 Å². The number of ether oxygens (including phenoxy) is 1. The molecule has 0 aromatic heterocycles. The summed E-state index contributed by atoms with van der Waals surface area (Å²) in [5, 5.41) is 3.63. The maximum atomic E-state index is 5.71. The predicted octanol–water partition coefficient (Wildman–Crippen LogP) is 4.69. The molecular weight excluding hydrogens is 302 g/mol. The van der Waals surface area contributed by atoms with Crippen molar-refractivity contribution in [3.05, 3.63) is 28.2 Å². The van der Waals surface area contributed by atoms with Crippen LogP contribution >= 0.6 is 15.9 Å². The first-order valence-electron chi connectivity index (χ1n) is 7.41. The van der Waals surface area contributed by atoms with Gasteiger partial charge in [0.05, 0.1) is 11.1 Å². The summed E-state index contributed by atoms with van der Waals surface area (Å²) in [6, 6.07) is 7.02. The Hall–Kier alpha value is -0.540. The summed E-state index contributed by atoms with van der Waals surface area (Å²) in [5.41, 5.74) is 1.38. The Balaban J connectivity index is 2.11. The summed E-state index contributed by atoms with van der Waals surface area (Å²) in [7, 11) is 0. The van der Waals surface area contributed by atoms with Crippen LogP contribution in [0.3, 0.4) is 0 Å². The Kier molecular flexibility index (Phi) is 5.71. The van der Waals surface area contributed by atoms with Crippen LogP contribution < -0.4 is 10.1 Å². The molecule has 3 heteroatoms. The monoisotopic (exact) mass is 325 g/mol. The molecule has 0 spiro atoms. The molecule has 0 amide bonds. The molecule has 0 radical (unpaired) electrons. The first-order chi connectivity index (χ1) is 9.26. The van der Waals surface area contributed by atoms with E-state index in [0.29, 0.717) is 6.04 Å². The minimum absolute atomic E-state index is 0.496. The third kappa shape index (κ3) is 3.73. The Bertz CT molecular complexity index is 404. The van der Waals surface area contributed by atoms with Crippen molar-refractivity contribution in [3.63, 3.8) is 0 Å². The van der Waals surface area contributed by atoms with E-state index in [4.69, 9.17) is 4.74 Å². The summed E-state index contributed by atoms with van der Waals surface area (Å²) in [4.78, 5) is 0. The molecule has 0 aliphatic heterocycles. The third-order valence-corrected chi connectivity index (χ3v) is 4.44. The zero-order chi connectivity index (χ0) is 13.7. The molecule has 1 atom stereocenters. The van der Waals surface area contributed by atoms with Gasteiger partial charge in [-0.3, -0.25) is 0 Å². The quantitative estimate of drug-likeness (QED) is 0.785. The van der Waals surface area contributed by atoms with Crippen molar-refractivity contribution in [2.24, 2.45) is 5.92 Å². The van der Waals surface area contributed by atoms with Crippen LogP contribution in [0.15, 0.2) is 22.7 Å². The lowest BCUT2D eigenvalue weighted by Gasteiger charge is -2.34. The van der Waals surface area contributed by atoms with Crippen LogP contribution in [-0.2, 0) is 0 Å². The third-order valence-electron chi connectivity index (χ3n) is 3.82. The van der Waals surface area contributed by atoms with E-state index >= 15 is 0 Å². The highest BCUT2D eigenvalue weighted by atomic mass is 79.9. The van der Waals surface area contributed by atoms with Gasteiger partial charge in [0.15, 0.2) is 0 Å². The molecule has 0 saturated heterocycles. The van der Waals surface area contributed by atoms with E-state index in [1.807, 2.05) is 0 Å². The minimum Gasteiger partial charge on any atom is -0.492 e. The van der Waals surface area contributed by atoms with Crippen LogP contribution in [0, 0.1) is 5.92 Å². The van der Waals surface area contributed by atoms with Gasteiger partial charge in [-0.1, -0.05) is 26.3 Å². The number of nitrogens with one attached hydrogen (secondary N) is 1. The lowest BCUT2D eigenvalue weighted by molar-refractivity contribution is 0.233. The highest BCUT2D eigenvalue weighted by Crippen LogP contribution is 2.39. The molecule has 2 rings (SSSR count). The molecule has 1 aliphatic rings. The number of benzene rings is 1. The Morgan fingerprint density at radius 3 is 2.68 bits per heavy atom. The van der Waals surface area contributed by atoms with E-state index < -0.39 is 0 Å². The molecule has 0 heterocycles. The van der Waals surface area contributed by atoms with E-state index in [1.54, 1.807) is 0 Å². The maximum Gasteiger partial charge on any atom is 0.133 e. The van der Waals surface area contributed by atoms with Gasteiger partial charge >= 0.3 is 0 Å². The van der Waals surface area contributed by atoms with Crippen molar-refractivity contribution in [2.45, 2.75) is 45.6 Å². The molecule has 1 N–H and O–H groups in total. The number of hydrogen-bond donors (Lipinski definition) is 1. The average molecular weight is 326 g/mol. The van der Waals surface area contributed by atoms with E-state index in [1.165, 1.54) is 24.8 Å². The van der Waals surface area contributed by atoms with Crippen molar-refractivity contribution in [2.75, 3.05) is 13.2 Å². The summed E-state index contributed by atoms with van der Waals surface area (Å²) in [6.45, 7) is 6.10. The number of rotatable bonds is 7. The summed E-state index contributed by atoms with van der Waals surface area (Å²) >= 11 is 3.63. The molecule has 106 valence electrons. The standard InChI is InChI=1S/C16H24BrNO/c1-3-10-19-15-9-8-13(11-14(15)17)16(18-4-2)12-6-5-7-12/h8-9,11-12,16,18H,3-7,10H2,1-2H3. The van der Waals surface area contributed by atoms with Crippen LogP contribution in [0.5, 0.6) is 5.75 Å². The van der Waals surface area contributed by atoms with Crippen LogP contribution in [0.2, 0.25) is 0 Å². The Labute approximate surface area is 125 Å². The van der Waals surface area contributed by atoms with E-state index in [-0.39, 0.29) is 0 Å². The fraction of sp³-hybridized carbons (Fsp3) is 0.625. The van der Waals surface area contributed by atoms with Crippen molar-refractivity contribution in [1.82, 2.24) is 5.32 Å². The molecule has 1 aliphatic carbocycles. The lowest BCUT2D eigenvalue weighted by atomic mass is 9.77.